The van der Waals surface area contributed by atoms with Crippen LogP contribution in [0, 0.1) is 0 Å². The van der Waals surface area contributed by atoms with Gasteiger partial charge < -0.3 is 33.3 Å². The molecule has 0 aliphatic carbocycles. The van der Waals surface area contributed by atoms with Crippen LogP contribution in [0.15, 0.2) is 0 Å². The van der Waals surface area contributed by atoms with Crippen molar-refractivity contribution in [1.29, 1.82) is 0 Å². The number of aliphatic carboxylic acids is 1. The summed E-state index contributed by atoms with van der Waals surface area (Å²) in [6, 6.07) is 0. The molecule has 0 N–H and O–H groups in total. The molecule has 0 aliphatic rings. The molecule has 0 rings (SSSR count). The molecular formula is C62H121NO8. The summed E-state index contributed by atoms with van der Waals surface area (Å²) in [6.45, 7) is 4.72. The van der Waals surface area contributed by atoms with Crippen LogP contribution in [0.3, 0.4) is 0 Å². The summed E-state index contributed by atoms with van der Waals surface area (Å²) in [4.78, 5) is 36.9. The third-order valence-electron chi connectivity index (χ3n) is 14.4. The zero-order chi connectivity index (χ0) is 52.0. The molecule has 2 atom stereocenters. The van der Waals surface area contributed by atoms with E-state index in [1.807, 2.05) is 21.1 Å². The van der Waals surface area contributed by atoms with Crippen molar-refractivity contribution in [2.24, 2.45) is 0 Å². The van der Waals surface area contributed by atoms with Crippen LogP contribution in [-0.2, 0) is 33.3 Å². The lowest BCUT2D eigenvalue weighted by molar-refractivity contribution is -0.870. The normalized spacial score (nSPS) is 12.6. The largest absolute Gasteiger partial charge is 0.545 e. The first-order valence-corrected chi connectivity index (χ1v) is 31.2. The molecule has 71 heavy (non-hydrogen) atoms. The molecule has 0 aromatic rings. The van der Waals surface area contributed by atoms with Crippen molar-refractivity contribution in [2.45, 2.75) is 334 Å². The summed E-state index contributed by atoms with van der Waals surface area (Å²) in [5, 5.41) is 11.7. The smallest absolute Gasteiger partial charge is 0.306 e. The second-order valence-electron chi connectivity index (χ2n) is 22.7. The van der Waals surface area contributed by atoms with Crippen LogP contribution in [0.1, 0.15) is 322 Å². The minimum Gasteiger partial charge on any atom is -0.545 e. The van der Waals surface area contributed by atoms with Gasteiger partial charge in [0.25, 0.3) is 0 Å². The maximum atomic E-state index is 12.8. The number of carbonyl (C=O) groups excluding carboxylic acids is 3. The van der Waals surface area contributed by atoms with Crippen LogP contribution in [0.2, 0.25) is 0 Å². The van der Waals surface area contributed by atoms with Gasteiger partial charge in [-0.25, -0.2) is 0 Å². The van der Waals surface area contributed by atoms with Crippen molar-refractivity contribution in [1.82, 2.24) is 0 Å². The fourth-order valence-corrected chi connectivity index (χ4v) is 9.54. The predicted molar refractivity (Wildman–Crippen MR) is 297 cm³/mol. The molecule has 0 aliphatic heterocycles. The molecular weight excluding hydrogens is 887 g/mol. The Labute approximate surface area is 441 Å². The molecule has 0 saturated heterocycles. The summed E-state index contributed by atoms with van der Waals surface area (Å²) < 4.78 is 22.5. The lowest BCUT2D eigenvalue weighted by atomic mass is 10.0. The molecule has 422 valence electrons. The van der Waals surface area contributed by atoms with Gasteiger partial charge in [-0.05, 0) is 12.8 Å². The van der Waals surface area contributed by atoms with Crippen LogP contribution in [0.5, 0.6) is 0 Å². The Balaban J connectivity index is 3.72. The molecule has 9 heteroatoms. The first-order chi connectivity index (χ1) is 34.6. The van der Waals surface area contributed by atoms with Crippen LogP contribution in [0.4, 0.5) is 0 Å². The van der Waals surface area contributed by atoms with Crippen molar-refractivity contribution in [3.63, 3.8) is 0 Å². The number of likely N-dealkylation sites (N-methyl/N-ethyl adjacent to an activating group) is 1. The zero-order valence-electron chi connectivity index (χ0n) is 48.1. The summed E-state index contributed by atoms with van der Waals surface area (Å²) in [6.07, 6.45) is 59.7. The molecule has 0 radical (unpaired) electrons. The van der Waals surface area contributed by atoms with E-state index < -0.39 is 24.3 Å². The van der Waals surface area contributed by atoms with E-state index in [4.69, 9.17) is 18.9 Å². The van der Waals surface area contributed by atoms with Crippen LogP contribution in [-0.4, -0.2) is 82.3 Å². The molecule has 9 nitrogen and oxygen atoms in total. The van der Waals surface area contributed by atoms with E-state index in [9.17, 15) is 19.5 Å². The van der Waals surface area contributed by atoms with E-state index in [2.05, 4.69) is 13.8 Å². The highest BCUT2D eigenvalue weighted by Crippen LogP contribution is 2.19. The third-order valence-corrected chi connectivity index (χ3v) is 14.4. The highest BCUT2D eigenvalue weighted by Gasteiger charge is 2.22. The Morgan fingerprint density at radius 3 is 0.901 bits per heavy atom. The van der Waals surface area contributed by atoms with Gasteiger partial charge in [0.05, 0.1) is 40.3 Å². The van der Waals surface area contributed by atoms with Gasteiger partial charge in [0.15, 0.2) is 12.4 Å². The number of nitrogens with zero attached hydrogens (tertiary/aromatic N) is 1. The second-order valence-corrected chi connectivity index (χ2v) is 22.7. The maximum Gasteiger partial charge on any atom is 0.306 e. The SMILES string of the molecule is CCCCCCCCCCCCCCCCCCCCCCCCCCCCCCCCCCCCCCCCCCC(=O)OC(COC(=O)CCCCCCCC)COC(OCC[N+](C)(C)C)C(=O)[O-]. The van der Waals surface area contributed by atoms with E-state index in [0.717, 1.165) is 44.9 Å². The Kier molecular flexibility index (Phi) is 53.2. The number of carboxylic acids is 1. The quantitative estimate of drug-likeness (QED) is 0.0256. The highest BCUT2D eigenvalue weighted by molar-refractivity contribution is 5.70. The van der Waals surface area contributed by atoms with E-state index in [1.165, 1.54) is 250 Å². The third kappa shape index (κ3) is 55.9. The number of esters is 2. The number of hydrogen-bond donors (Lipinski definition) is 0. The number of hydrogen-bond acceptors (Lipinski definition) is 8. The predicted octanol–water partition coefficient (Wildman–Crippen LogP) is 17.0. The van der Waals surface area contributed by atoms with Gasteiger partial charge in [0.1, 0.15) is 13.2 Å². The summed E-state index contributed by atoms with van der Waals surface area (Å²) in [5.41, 5.74) is 0. The number of carboxylic acid groups (broad SMARTS) is 1. The second kappa shape index (κ2) is 54.5. The zero-order valence-corrected chi connectivity index (χ0v) is 48.1. The van der Waals surface area contributed by atoms with Gasteiger partial charge in [-0.3, -0.25) is 9.59 Å². The lowest BCUT2D eigenvalue weighted by Gasteiger charge is -2.26. The standard InChI is InChI=1S/C62H121NO8/c1-6-8-10-12-14-15-16-17-18-19-20-21-22-23-24-25-26-27-28-29-30-31-32-33-34-35-36-37-38-39-40-41-42-43-44-45-46-47-49-51-53-60(65)71-58(56-69-59(64)52-50-48-13-11-9-7-2)57-70-62(61(66)67)68-55-54-63(3,4)5/h58,62H,6-57H2,1-5H3. The van der Waals surface area contributed by atoms with Crippen molar-refractivity contribution < 1.29 is 42.9 Å². The molecule has 0 aromatic heterocycles. The molecule has 0 spiro atoms. The lowest BCUT2D eigenvalue weighted by Crippen LogP contribution is -2.44. The summed E-state index contributed by atoms with van der Waals surface area (Å²) in [7, 11) is 5.92. The molecule has 0 saturated carbocycles. The molecule has 0 aromatic carbocycles. The van der Waals surface area contributed by atoms with Crippen LogP contribution in [0.25, 0.3) is 0 Å². The Hall–Kier alpha value is -1.71. The number of rotatable bonds is 59. The number of quaternary nitrogens is 1. The summed E-state index contributed by atoms with van der Waals surface area (Å²) in [5.74, 6) is -2.27. The van der Waals surface area contributed by atoms with Crippen molar-refractivity contribution in [3.8, 4) is 0 Å². The topological polar surface area (TPSA) is 111 Å². The van der Waals surface area contributed by atoms with Crippen molar-refractivity contribution in [3.05, 3.63) is 0 Å². The van der Waals surface area contributed by atoms with Gasteiger partial charge in [-0.15, -0.1) is 0 Å². The van der Waals surface area contributed by atoms with E-state index >= 15 is 0 Å². The first-order valence-electron chi connectivity index (χ1n) is 31.2. The Morgan fingerprint density at radius 2 is 0.634 bits per heavy atom. The van der Waals surface area contributed by atoms with Crippen LogP contribution < -0.4 is 5.11 Å². The van der Waals surface area contributed by atoms with E-state index in [-0.39, 0.29) is 32.2 Å². The minimum absolute atomic E-state index is 0.152. The average Bonchev–Trinajstić information content (AvgIpc) is 3.34. The highest BCUT2D eigenvalue weighted by atomic mass is 16.7. The van der Waals surface area contributed by atoms with Gasteiger partial charge in [-0.1, -0.05) is 296 Å². The van der Waals surface area contributed by atoms with Gasteiger partial charge in [0.2, 0.25) is 0 Å². The maximum absolute atomic E-state index is 12.8. The van der Waals surface area contributed by atoms with Gasteiger partial charge in [0, 0.05) is 12.8 Å². The number of carbonyl (C=O) groups is 3. The Bertz CT molecular complexity index is 1130. The molecule has 0 fully saturated rings. The number of unbranched alkanes of at least 4 members (excludes halogenated alkanes) is 44. The number of ether oxygens (including phenoxy) is 4. The Morgan fingerprint density at radius 1 is 0.366 bits per heavy atom. The van der Waals surface area contributed by atoms with Crippen molar-refractivity contribution in [2.75, 3.05) is 47.5 Å². The molecule has 0 bridgehead atoms. The minimum atomic E-state index is -1.61. The van der Waals surface area contributed by atoms with E-state index in [0.29, 0.717) is 17.4 Å². The fraction of sp³-hybridized carbons (Fsp3) is 0.952. The van der Waals surface area contributed by atoms with Gasteiger partial charge in [-0.2, -0.15) is 0 Å². The van der Waals surface area contributed by atoms with Crippen molar-refractivity contribution >= 4 is 17.9 Å². The molecule has 2 unspecified atom stereocenters. The fourth-order valence-electron chi connectivity index (χ4n) is 9.54. The molecule has 0 amide bonds. The average molecular weight is 1010 g/mol. The van der Waals surface area contributed by atoms with Crippen LogP contribution >= 0.6 is 0 Å². The van der Waals surface area contributed by atoms with E-state index in [1.54, 1.807) is 0 Å². The molecule has 0 heterocycles. The van der Waals surface area contributed by atoms with Gasteiger partial charge >= 0.3 is 11.9 Å². The summed E-state index contributed by atoms with van der Waals surface area (Å²) >= 11 is 0. The monoisotopic (exact) mass is 1010 g/mol. The first kappa shape index (κ1) is 69.3.